The molecule has 10 aromatic rings. The van der Waals surface area contributed by atoms with E-state index in [2.05, 4.69) is 69.6 Å². The predicted octanol–water partition coefficient (Wildman–Crippen LogP) is 7.56. The maximum absolute atomic E-state index is 13.0. The Labute approximate surface area is 325 Å². The molecule has 0 aliphatic carbocycles. The first-order valence-electron chi connectivity index (χ1n) is 18.6. The largest absolute Gasteiger partial charge is 0.354 e. The third kappa shape index (κ3) is 6.55. The van der Waals surface area contributed by atoms with Crippen LogP contribution in [-0.2, 0) is 0 Å². The number of hydrogen-bond donors (Lipinski definition) is 1. The summed E-state index contributed by atoms with van der Waals surface area (Å²) < 4.78 is 16.6. The molecule has 0 bridgehead atoms. The fourth-order valence-electron chi connectivity index (χ4n) is 7.29. The van der Waals surface area contributed by atoms with E-state index in [1.165, 1.54) is 12.3 Å². The molecule has 0 spiro atoms. The molecule has 13 heteroatoms. The van der Waals surface area contributed by atoms with Gasteiger partial charge in [0.2, 0.25) is 5.95 Å². The van der Waals surface area contributed by atoms with E-state index < -0.39 is 5.95 Å². The molecule has 1 saturated heterocycles. The van der Waals surface area contributed by atoms with Gasteiger partial charge in [0, 0.05) is 120 Å². The van der Waals surface area contributed by atoms with E-state index in [-0.39, 0.29) is 0 Å². The molecule has 1 N–H and O–H groups in total. The maximum Gasteiger partial charge on any atom is 0.212 e. The Morgan fingerprint density at radius 2 is 1.02 bits per heavy atom. The van der Waals surface area contributed by atoms with Gasteiger partial charge in [-0.1, -0.05) is 36.4 Å². The molecule has 11 rings (SSSR count). The van der Waals surface area contributed by atoms with Gasteiger partial charge in [-0.15, -0.1) is 0 Å². The molecule has 9 heterocycles. The average molecular weight is 749 g/mol. The maximum atomic E-state index is 13.0. The van der Waals surface area contributed by atoms with Crippen LogP contribution in [-0.4, -0.2) is 75.3 Å². The second kappa shape index (κ2) is 14.6. The first kappa shape index (κ1) is 34.0. The number of fused-ring (bicyclic) bond motifs is 4. The first-order chi connectivity index (χ1) is 28.2. The molecule has 1 aliphatic heterocycles. The highest BCUT2D eigenvalue weighted by Gasteiger charge is 2.15. The lowest BCUT2D eigenvalue weighted by molar-refractivity contribution is 0.584. The molecular formula is C44H33FN12. The van der Waals surface area contributed by atoms with E-state index >= 15 is 0 Å². The summed E-state index contributed by atoms with van der Waals surface area (Å²) in [5.74, 6) is 0.513. The number of piperazine rings is 1. The van der Waals surface area contributed by atoms with Crippen molar-refractivity contribution in [2.45, 2.75) is 0 Å². The normalized spacial score (nSPS) is 13.0. The zero-order chi connectivity index (χ0) is 38.1. The molecule has 276 valence electrons. The highest BCUT2D eigenvalue weighted by atomic mass is 19.1. The highest BCUT2D eigenvalue weighted by Crippen LogP contribution is 2.32. The van der Waals surface area contributed by atoms with Crippen molar-refractivity contribution in [3.8, 4) is 44.5 Å². The summed E-state index contributed by atoms with van der Waals surface area (Å²) in [5, 5.41) is 14.5. The predicted molar refractivity (Wildman–Crippen MR) is 219 cm³/mol. The monoisotopic (exact) mass is 748 g/mol. The summed E-state index contributed by atoms with van der Waals surface area (Å²) in [6, 6.07) is 27.3. The Morgan fingerprint density at radius 1 is 0.474 bits per heavy atom. The summed E-state index contributed by atoms with van der Waals surface area (Å²) in [7, 11) is 0. The lowest BCUT2D eigenvalue weighted by Gasteiger charge is -2.28. The van der Waals surface area contributed by atoms with Crippen LogP contribution in [0.1, 0.15) is 0 Å². The number of pyridine rings is 4. The summed E-state index contributed by atoms with van der Waals surface area (Å²) >= 11 is 0. The van der Waals surface area contributed by atoms with Gasteiger partial charge in [-0.05, 0) is 59.7 Å². The van der Waals surface area contributed by atoms with Crippen LogP contribution in [0.15, 0.2) is 147 Å². The number of nitrogens with one attached hydrogen (secondary N) is 1. The van der Waals surface area contributed by atoms with Gasteiger partial charge in [0.15, 0.2) is 11.3 Å². The van der Waals surface area contributed by atoms with E-state index in [4.69, 9.17) is 4.98 Å². The van der Waals surface area contributed by atoms with Gasteiger partial charge in [0.05, 0.1) is 23.4 Å². The Kier molecular flexibility index (Phi) is 8.72. The van der Waals surface area contributed by atoms with Crippen LogP contribution in [0.2, 0.25) is 0 Å². The third-order valence-electron chi connectivity index (χ3n) is 10.2. The number of nitrogens with zero attached hydrogens (tertiary/aromatic N) is 11. The smallest absolute Gasteiger partial charge is 0.212 e. The molecule has 57 heavy (non-hydrogen) atoms. The van der Waals surface area contributed by atoms with Crippen molar-refractivity contribution in [2.24, 2.45) is 0 Å². The molecule has 8 aromatic heterocycles. The van der Waals surface area contributed by atoms with Crippen LogP contribution in [0.3, 0.4) is 0 Å². The number of benzene rings is 2. The second-order valence-corrected chi connectivity index (χ2v) is 13.6. The van der Waals surface area contributed by atoms with Gasteiger partial charge in [0.25, 0.3) is 0 Å². The molecule has 0 amide bonds. The number of aromatic nitrogens is 10. The number of hydrogen-bond acceptors (Lipinski definition) is 10. The topological polar surface area (TPSA) is 127 Å². The second-order valence-electron chi connectivity index (χ2n) is 13.6. The highest BCUT2D eigenvalue weighted by molar-refractivity contribution is 5.99. The minimum Gasteiger partial charge on any atom is -0.354 e. The number of anilines is 1. The van der Waals surface area contributed by atoms with Crippen molar-refractivity contribution >= 4 is 38.9 Å². The van der Waals surface area contributed by atoms with Crippen LogP contribution in [0, 0.1) is 5.95 Å². The van der Waals surface area contributed by atoms with Crippen LogP contribution in [0.25, 0.3) is 77.6 Å². The Balaban J connectivity index is 0.000000141. The number of halogens is 1. The van der Waals surface area contributed by atoms with Gasteiger partial charge >= 0.3 is 0 Å². The van der Waals surface area contributed by atoms with Gasteiger partial charge in [-0.2, -0.15) is 14.6 Å². The van der Waals surface area contributed by atoms with Gasteiger partial charge in [-0.25, -0.2) is 29.0 Å². The fraction of sp³-hybridized carbons (Fsp3) is 0.0909. The van der Waals surface area contributed by atoms with Gasteiger partial charge < -0.3 is 10.2 Å². The minimum absolute atomic E-state index is 0.506. The zero-order valence-electron chi connectivity index (χ0n) is 30.5. The molecule has 0 radical (unpaired) electrons. The molecule has 0 atom stereocenters. The summed E-state index contributed by atoms with van der Waals surface area (Å²) in [6.45, 7) is 3.97. The van der Waals surface area contributed by atoms with Crippen molar-refractivity contribution in [1.82, 2.24) is 54.4 Å². The number of rotatable bonds is 5. The summed E-state index contributed by atoms with van der Waals surface area (Å²) in [6.07, 6.45) is 18.2. The minimum atomic E-state index is -0.506. The van der Waals surface area contributed by atoms with E-state index in [1.54, 1.807) is 29.2 Å². The lowest BCUT2D eigenvalue weighted by Crippen LogP contribution is -2.43. The fourth-order valence-corrected chi connectivity index (χ4v) is 7.29. The van der Waals surface area contributed by atoms with Crippen molar-refractivity contribution in [2.75, 3.05) is 31.1 Å². The van der Waals surface area contributed by atoms with Crippen molar-refractivity contribution in [1.29, 1.82) is 0 Å². The van der Waals surface area contributed by atoms with Crippen molar-refractivity contribution < 1.29 is 4.39 Å². The van der Waals surface area contributed by atoms with Gasteiger partial charge in [-0.3, -0.25) is 9.97 Å². The first-order valence-corrected chi connectivity index (χ1v) is 18.6. The molecule has 12 nitrogen and oxygen atoms in total. The van der Waals surface area contributed by atoms with E-state index in [0.29, 0.717) is 0 Å². The molecule has 1 fully saturated rings. The van der Waals surface area contributed by atoms with E-state index in [1.807, 2.05) is 90.2 Å². The average Bonchev–Trinajstić information content (AvgIpc) is 3.91. The third-order valence-corrected chi connectivity index (χ3v) is 10.2. The Hall–Kier alpha value is -7.51. The molecule has 1 aliphatic rings. The Morgan fingerprint density at radius 3 is 1.54 bits per heavy atom. The van der Waals surface area contributed by atoms with Crippen molar-refractivity contribution in [3.05, 3.63) is 153 Å². The zero-order valence-corrected chi connectivity index (χ0v) is 30.5. The molecule has 0 unspecified atom stereocenters. The van der Waals surface area contributed by atoms with Crippen molar-refractivity contribution in [3.63, 3.8) is 0 Å². The summed E-state index contributed by atoms with van der Waals surface area (Å²) in [5.41, 5.74) is 11.1. The lowest BCUT2D eigenvalue weighted by atomic mass is 10.0. The van der Waals surface area contributed by atoms with Crippen LogP contribution < -0.4 is 10.2 Å². The Bertz CT molecular complexity index is 3020. The standard InChI is InChI=1S/C24H21N7.C20H12FN5/c1-3-19(20-4-2-8-26-22(20)5-1)21-15-29-31-16-18(14-28-24(21)31)17-6-7-23(27-13-17)30-11-9-25-10-12-30;21-19-7-6-13(9-23-19)14-10-24-20-17(11-25-26(20)12-14)15-3-1-5-18-16(15)4-2-8-22-18/h1-8,13-16,25H,9-12H2;1-12H. The molecular weight excluding hydrogens is 716 g/mol. The van der Waals surface area contributed by atoms with Crippen LogP contribution in [0.4, 0.5) is 10.2 Å². The van der Waals surface area contributed by atoms with E-state index in [0.717, 1.165) is 110 Å². The van der Waals surface area contributed by atoms with Crippen LogP contribution in [0.5, 0.6) is 0 Å². The quantitative estimate of drug-likeness (QED) is 0.176. The molecule has 0 saturated carbocycles. The van der Waals surface area contributed by atoms with Gasteiger partial charge in [0.1, 0.15) is 5.82 Å². The SMILES string of the molecule is Fc1ccc(-c2cnc3c(-c4cccc5ncccc45)cnn3c2)cn1.c1cc(-c2cnn3cc(-c4ccc(N5CCNCC5)nc4)cnc23)c2cccnc2c1. The van der Waals surface area contributed by atoms with E-state index in [9.17, 15) is 4.39 Å². The molecule has 2 aromatic carbocycles. The van der Waals surface area contributed by atoms with Crippen LogP contribution >= 0.6 is 0 Å². The summed E-state index contributed by atoms with van der Waals surface area (Å²) in [4.78, 5) is 28.9.